The van der Waals surface area contributed by atoms with Gasteiger partial charge in [0.05, 0.1) is 0 Å². The number of hydrogen-bond donors (Lipinski definition) is 1. The zero-order valence-electron chi connectivity index (χ0n) is 11.1. The SMILES string of the molecule is CNCc1cc(F)cc(OCc2cncc(C)c2)c1. The summed E-state index contributed by atoms with van der Waals surface area (Å²) < 4.78 is 19.0. The molecule has 1 heterocycles. The molecule has 100 valence electrons. The van der Waals surface area contributed by atoms with Crippen molar-refractivity contribution in [1.29, 1.82) is 0 Å². The zero-order valence-corrected chi connectivity index (χ0v) is 11.1. The van der Waals surface area contributed by atoms with Gasteiger partial charge in [0.25, 0.3) is 0 Å². The monoisotopic (exact) mass is 260 g/mol. The molecule has 0 atom stereocenters. The van der Waals surface area contributed by atoms with E-state index in [9.17, 15) is 4.39 Å². The lowest BCUT2D eigenvalue weighted by Crippen LogP contribution is -2.06. The molecule has 0 saturated carbocycles. The molecule has 0 aliphatic rings. The summed E-state index contributed by atoms with van der Waals surface area (Å²) in [6.07, 6.45) is 3.54. The van der Waals surface area contributed by atoms with Gasteiger partial charge in [-0.15, -0.1) is 0 Å². The van der Waals surface area contributed by atoms with Crippen LogP contribution in [0.1, 0.15) is 16.7 Å². The van der Waals surface area contributed by atoms with Gasteiger partial charge in [0, 0.05) is 30.6 Å². The van der Waals surface area contributed by atoms with Crippen molar-refractivity contribution in [2.24, 2.45) is 0 Å². The summed E-state index contributed by atoms with van der Waals surface area (Å²) >= 11 is 0. The lowest BCUT2D eigenvalue weighted by Gasteiger charge is -2.09. The van der Waals surface area contributed by atoms with Crippen molar-refractivity contribution in [3.05, 3.63) is 59.2 Å². The van der Waals surface area contributed by atoms with Crippen LogP contribution in [0.4, 0.5) is 4.39 Å². The van der Waals surface area contributed by atoms with Crippen molar-refractivity contribution in [2.45, 2.75) is 20.1 Å². The van der Waals surface area contributed by atoms with Crippen LogP contribution in [0, 0.1) is 12.7 Å². The number of rotatable bonds is 5. The van der Waals surface area contributed by atoms with E-state index in [1.165, 1.54) is 12.1 Å². The molecule has 0 spiro atoms. The Bertz CT molecular complexity index is 558. The van der Waals surface area contributed by atoms with Gasteiger partial charge in [0.2, 0.25) is 0 Å². The number of pyridine rings is 1. The molecule has 1 N–H and O–H groups in total. The molecule has 1 aromatic heterocycles. The number of nitrogens with one attached hydrogen (secondary N) is 1. The number of aryl methyl sites for hydroxylation is 1. The zero-order chi connectivity index (χ0) is 13.7. The molecule has 0 fully saturated rings. The average Bonchev–Trinajstić information content (AvgIpc) is 2.36. The molecule has 0 amide bonds. The Kier molecular flexibility index (Phi) is 4.47. The molecule has 0 unspecified atom stereocenters. The minimum absolute atomic E-state index is 0.287. The first-order valence-electron chi connectivity index (χ1n) is 6.15. The molecular weight excluding hydrogens is 243 g/mol. The molecule has 0 radical (unpaired) electrons. The van der Waals surface area contributed by atoms with Crippen LogP contribution in [0.3, 0.4) is 0 Å². The van der Waals surface area contributed by atoms with Crippen molar-refractivity contribution in [3.8, 4) is 5.75 Å². The van der Waals surface area contributed by atoms with Crippen molar-refractivity contribution >= 4 is 0 Å². The largest absolute Gasteiger partial charge is 0.489 e. The Balaban J connectivity index is 2.06. The first-order chi connectivity index (χ1) is 9.17. The lowest BCUT2D eigenvalue weighted by molar-refractivity contribution is 0.303. The number of halogens is 1. The number of nitrogens with zero attached hydrogens (tertiary/aromatic N) is 1. The van der Waals surface area contributed by atoms with Gasteiger partial charge >= 0.3 is 0 Å². The summed E-state index contributed by atoms with van der Waals surface area (Å²) in [6.45, 7) is 2.97. The van der Waals surface area contributed by atoms with Crippen LogP contribution >= 0.6 is 0 Å². The van der Waals surface area contributed by atoms with Crippen molar-refractivity contribution in [2.75, 3.05) is 7.05 Å². The van der Waals surface area contributed by atoms with Crippen LogP contribution in [0.5, 0.6) is 5.75 Å². The highest BCUT2D eigenvalue weighted by Gasteiger charge is 2.02. The highest BCUT2D eigenvalue weighted by molar-refractivity contribution is 5.30. The Morgan fingerprint density at radius 1 is 1.16 bits per heavy atom. The third kappa shape index (κ3) is 4.03. The van der Waals surface area contributed by atoms with Crippen molar-refractivity contribution in [1.82, 2.24) is 10.3 Å². The van der Waals surface area contributed by atoms with Crippen LogP contribution < -0.4 is 10.1 Å². The number of hydrogen-bond acceptors (Lipinski definition) is 3. The van der Waals surface area contributed by atoms with Gasteiger partial charge in [-0.2, -0.15) is 0 Å². The first-order valence-corrected chi connectivity index (χ1v) is 6.15. The second-order valence-electron chi connectivity index (χ2n) is 4.48. The Morgan fingerprint density at radius 2 is 2.00 bits per heavy atom. The van der Waals surface area contributed by atoms with Gasteiger partial charge in [-0.05, 0) is 43.3 Å². The molecule has 3 nitrogen and oxygen atoms in total. The summed E-state index contributed by atoms with van der Waals surface area (Å²) in [5, 5.41) is 2.99. The number of aromatic nitrogens is 1. The summed E-state index contributed by atoms with van der Waals surface area (Å²) in [6, 6.07) is 6.73. The fraction of sp³-hybridized carbons (Fsp3) is 0.267. The quantitative estimate of drug-likeness (QED) is 0.897. The fourth-order valence-corrected chi connectivity index (χ4v) is 1.87. The van der Waals surface area contributed by atoms with E-state index in [-0.39, 0.29) is 5.82 Å². The molecule has 0 bridgehead atoms. The predicted molar refractivity (Wildman–Crippen MR) is 72.5 cm³/mol. The maximum Gasteiger partial charge on any atom is 0.127 e. The maximum atomic E-state index is 13.4. The molecule has 0 saturated heterocycles. The lowest BCUT2D eigenvalue weighted by atomic mass is 10.2. The molecule has 2 aromatic rings. The Morgan fingerprint density at radius 3 is 2.74 bits per heavy atom. The van der Waals surface area contributed by atoms with Crippen LogP contribution in [-0.2, 0) is 13.2 Å². The van der Waals surface area contributed by atoms with Crippen molar-refractivity contribution in [3.63, 3.8) is 0 Å². The summed E-state index contributed by atoms with van der Waals surface area (Å²) in [4.78, 5) is 4.10. The van der Waals surface area contributed by atoms with Gasteiger partial charge < -0.3 is 10.1 Å². The predicted octanol–water partition coefficient (Wildman–Crippen LogP) is 2.83. The standard InChI is InChI=1S/C15H17FN2O/c1-11-3-13(9-18-7-11)10-19-15-5-12(8-17-2)4-14(16)6-15/h3-7,9,17H,8,10H2,1-2H3. The van der Waals surface area contributed by atoms with E-state index in [2.05, 4.69) is 10.3 Å². The smallest absolute Gasteiger partial charge is 0.127 e. The summed E-state index contributed by atoms with van der Waals surface area (Å²) in [7, 11) is 1.82. The van der Waals surface area contributed by atoms with Crippen molar-refractivity contribution < 1.29 is 9.13 Å². The second kappa shape index (κ2) is 6.29. The first kappa shape index (κ1) is 13.5. The fourth-order valence-electron chi connectivity index (χ4n) is 1.87. The molecule has 1 aromatic carbocycles. The highest BCUT2D eigenvalue weighted by atomic mass is 19.1. The Hall–Kier alpha value is -1.94. The van der Waals surface area contributed by atoms with Gasteiger partial charge in [-0.3, -0.25) is 4.98 Å². The van der Waals surface area contributed by atoms with Gasteiger partial charge in [-0.25, -0.2) is 4.39 Å². The van der Waals surface area contributed by atoms with Crippen LogP contribution in [0.15, 0.2) is 36.7 Å². The molecule has 4 heteroatoms. The number of benzene rings is 1. The third-order valence-corrected chi connectivity index (χ3v) is 2.65. The summed E-state index contributed by atoms with van der Waals surface area (Å²) in [5.41, 5.74) is 2.91. The molecule has 0 aliphatic heterocycles. The van der Waals surface area contributed by atoms with Gasteiger partial charge in [0.1, 0.15) is 18.2 Å². The van der Waals surface area contributed by atoms with Crippen LogP contribution in [-0.4, -0.2) is 12.0 Å². The molecule has 0 aliphatic carbocycles. The summed E-state index contributed by atoms with van der Waals surface area (Å²) in [5.74, 6) is 0.247. The number of ether oxygens (including phenoxy) is 1. The van der Waals surface area contributed by atoms with E-state index in [1.54, 1.807) is 12.4 Å². The van der Waals surface area contributed by atoms with Crippen LogP contribution in [0.25, 0.3) is 0 Å². The second-order valence-corrected chi connectivity index (χ2v) is 4.48. The normalized spacial score (nSPS) is 10.5. The Labute approximate surface area is 112 Å². The van der Waals surface area contributed by atoms with E-state index >= 15 is 0 Å². The molecular formula is C15H17FN2O. The minimum Gasteiger partial charge on any atom is -0.489 e. The highest BCUT2D eigenvalue weighted by Crippen LogP contribution is 2.18. The van der Waals surface area contributed by atoms with E-state index in [4.69, 9.17) is 4.74 Å². The van der Waals surface area contributed by atoms with Gasteiger partial charge in [0.15, 0.2) is 0 Å². The van der Waals surface area contributed by atoms with Gasteiger partial charge in [-0.1, -0.05) is 0 Å². The van der Waals surface area contributed by atoms with E-state index in [1.807, 2.05) is 26.1 Å². The third-order valence-electron chi connectivity index (χ3n) is 2.65. The minimum atomic E-state index is -0.287. The maximum absolute atomic E-state index is 13.4. The van der Waals surface area contributed by atoms with E-state index in [0.29, 0.717) is 18.9 Å². The average molecular weight is 260 g/mol. The molecule has 19 heavy (non-hydrogen) atoms. The van der Waals surface area contributed by atoms with E-state index in [0.717, 1.165) is 16.7 Å². The van der Waals surface area contributed by atoms with Crippen LogP contribution in [0.2, 0.25) is 0 Å². The topological polar surface area (TPSA) is 34.1 Å². The van der Waals surface area contributed by atoms with E-state index < -0.39 is 0 Å². The molecule has 2 rings (SSSR count).